The van der Waals surface area contributed by atoms with Gasteiger partial charge in [0.1, 0.15) is 0 Å². The number of carbonyl (C=O) groups excluding carboxylic acids is 1. The highest BCUT2D eigenvalue weighted by Crippen LogP contribution is 2.21. The van der Waals surface area contributed by atoms with Crippen LogP contribution in [0.4, 0.5) is 11.4 Å². The van der Waals surface area contributed by atoms with Crippen LogP contribution in [0.2, 0.25) is 0 Å². The monoisotopic (exact) mass is 309 g/mol. The molecule has 114 valence electrons. The van der Waals surface area contributed by atoms with Crippen LogP contribution in [0.1, 0.15) is 32.8 Å². The molecule has 0 saturated carbocycles. The molecule has 0 aliphatic rings. The second kappa shape index (κ2) is 6.62. The molecule has 0 aromatic heterocycles. The SMILES string of the molecule is Cc1cc([N+](=O)[O-])ccc1NC(=S)NC(=O)CC(C)(C)C. The van der Waals surface area contributed by atoms with Crippen molar-refractivity contribution in [2.45, 2.75) is 34.1 Å². The van der Waals surface area contributed by atoms with Crippen LogP contribution >= 0.6 is 12.2 Å². The summed E-state index contributed by atoms with van der Waals surface area (Å²) < 4.78 is 0. The third-order valence-corrected chi connectivity index (χ3v) is 2.82. The lowest BCUT2D eigenvalue weighted by atomic mass is 9.92. The van der Waals surface area contributed by atoms with Gasteiger partial charge in [0.25, 0.3) is 5.69 Å². The first-order valence-electron chi connectivity index (χ1n) is 6.44. The minimum absolute atomic E-state index is 0.0146. The summed E-state index contributed by atoms with van der Waals surface area (Å²) >= 11 is 5.07. The van der Waals surface area contributed by atoms with E-state index in [0.29, 0.717) is 17.7 Å². The molecule has 2 N–H and O–H groups in total. The summed E-state index contributed by atoms with van der Waals surface area (Å²) in [5.74, 6) is -0.167. The average Bonchev–Trinajstić information content (AvgIpc) is 2.28. The summed E-state index contributed by atoms with van der Waals surface area (Å²) in [4.78, 5) is 22.0. The number of nitrogens with one attached hydrogen (secondary N) is 2. The van der Waals surface area contributed by atoms with E-state index in [1.165, 1.54) is 12.1 Å². The Morgan fingerprint density at radius 3 is 2.48 bits per heavy atom. The van der Waals surface area contributed by atoms with E-state index in [2.05, 4.69) is 10.6 Å². The van der Waals surface area contributed by atoms with Crippen LogP contribution in [0.25, 0.3) is 0 Å². The predicted molar refractivity (Wildman–Crippen MR) is 86.3 cm³/mol. The molecular weight excluding hydrogens is 290 g/mol. The number of amides is 1. The smallest absolute Gasteiger partial charge is 0.269 e. The van der Waals surface area contributed by atoms with E-state index in [0.717, 1.165) is 0 Å². The molecule has 6 nitrogen and oxygen atoms in total. The molecule has 1 aromatic rings. The normalized spacial score (nSPS) is 10.9. The average molecular weight is 309 g/mol. The van der Waals surface area contributed by atoms with Crippen LogP contribution in [0.15, 0.2) is 18.2 Å². The molecule has 0 atom stereocenters. The van der Waals surface area contributed by atoms with Gasteiger partial charge in [-0.3, -0.25) is 14.9 Å². The summed E-state index contributed by atoms with van der Waals surface area (Å²) in [7, 11) is 0. The number of thiocarbonyl (C=S) groups is 1. The third-order valence-electron chi connectivity index (χ3n) is 2.61. The fourth-order valence-electron chi connectivity index (χ4n) is 1.71. The highest BCUT2D eigenvalue weighted by atomic mass is 32.1. The number of non-ortho nitro benzene ring substituents is 1. The van der Waals surface area contributed by atoms with Crippen LogP contribution in [-0.4, -0.2) is 15.9 Å². The predicted octanol–water partition coefficient (Wildman–Crippen LogP) is 3.15. The van der Waals surface area contributed by atoms with Crippen LogP contribution in [-0.2, 0) is 4.79 Å². The van der Waals surface area contributed by atoms with Gasteiger partial charge in [-0.2, -0.15) is 0 Å². The van der Waals surface area contributed by atoms with E-state index < -0.39 is 4.92 Å². The van der Waals surface area contributed by atoms with E-state index in [9.17, 15) is 14.9 Å². The van der Waals surface area contributed by atoms with Crippen LogP contribution < -0.4 is 10.6 Å². The second-order valence-corrected chi connectivity index (χ2v) is 6.40. The summed E-state index contributed by atoms with van der Waals surface area (Å²) in [6, 6.07) is 4.40. The van der Waals surface area contributed by atoms with E-state index in [4.69, 9.17) is 12.2 Å². The van der Waals surface area contributed by atoms with Gasteiger partial charge in [-0.1, -0.05) is 20.8 Å². The molecule has 1 amide bonds. The van der Waals surface area contributed by atoms with Crippen molar-refractivity contribution in [1.29, 1.82) is 0 Å². The van der Waals surface area contributed by atoms with Crippen molar-refractivity contribution >= 4 is 34.6 Å². The van der Waals surface area contributed by atoms with Gasteiger partial charge < -0.3 is 10.6 Å². The molecule has 0 radical (unpaired) electrons. The van der Waals surface area contributed by atoms with Crippen molar-refractivity contribution in [3.8, 4) is 0 Å². The maximum Gasteiger partial charge on any atom is 0.269 e. The fraction of sp³-hybridized carbons (Fsp3) is 0.429. The molecule has 0 spiro atoms. The lowest BCUT2D eigenvalue weighted by Crippen LogP contribution is -2.36. The molecule has 1 aromatic carbocycles. The third kappa shape index (κ3) is 5.86. The maximum atomic E-state index is 11.8. The molecule has 0 bridgehead atoms. The van der Waals surface area contributed by atoms with Crippen molar-refractivity contribution in [1.82, 2.24) is 5.32 Å². The summed E-state index contributed by atoms with van der Waals surface area (Å²) in [5, 5.41) is 16.3. The molecule has 0 unspecified atom stereocenters. The maximum absolute atomic E-state index is 11.8. The summed E-state index contributed by atoms with van der Waals surface area (Å²) in [5.41, 5.74) is 1.20. The fourth-order valence-corrected chi connectivity index (χ4v) is 1.93. The van der Waals surface area contributed by atoms with Gasteiger partial charge in [-0.15, -0.1) is 0 Å². The Hall–Kier alpha value is -2.02. The first kappa shape index (κ1) is 17.0. The number of benzene rings is 1. The molecule has 0 heterocycles. The summed E-state index contributed by atoms with van der Waals surface area (Å²) in [6.07, 6.45) is 0.355. The van der Waals surface area contributed by atoms with Crippen molar-refractivity contribution in [2.24, 2.45) is 5.41 Å². The lowest BCUT2D eigenvalue weighted by molar-refractivity contribution is -0.384. The van der Waals surface area contributed by atoms with E-state index in [-0.39, 0.29) is 22.1 Å². The molecule has 0 saturated heterocycles. The molecule has 0 fully saturated rings. The van der Waals surface area contributed by atoms with Gasteiger partial charge >= 0.3 is 0 Å². The van der Waals surface area contributed by atoms with Gasteiger partial charge in [0.05, 0.1) is 4.92 Å². The van der Waals surface area contributed by atoms with Gasteiger partial charge in [0.15, 0.2) is 5.11 Å². The van der Waals surface area contributed by atoms with Crippen LogP contribution in [0, 0.1) is 22.5 Å². The number of anilines is 1. The lowest BCUT2D eigenvalue weighted by Gasteiger charge is -2.18. The Bertz CT molecular complexity index is 579. The molecular formula is C14H19N3O3S. The number of nitro benzene ring substituents is 1. The number of hydrogen-bond donors (Lipinski definition) is 2. The molecule has 0 aliphatic carbocycles. The van der Waals surface area contributed by atoms with Gasteiger partial charge in [-0.05, 0) is 36.2 Å². The number of carbonyl (C=O) groups is 1. The first-order valence-corrected chi connectivity index (χ1v) is 6.85. The topological polar surface area (TPSA) is 84.3 Å². The van der Waals surface area contributed by atoms with Gasteiger partial charge in [-0.25, -0.2) is 0 Å². The highest BCUT2D eigenvalue weighted by Gasteiger charge is 2.17. The van der Waals surface area contributed by atoms with Gasteiger partial charge in [0, 0.05) is 24.2 Å². The number of nitro groups is 1. The van der Waals surface area contributed by atoms with E-state index >= 15 is 0 Å². The molecule has 21 heavy (non-hydrogen) atoms. The zero-order chi connectivity index (χ0) is 16.2. The van der Waals surface area contributed by atoms with Gasteiger partial charge in [0.2, 0.25) is 5.91 Å². The standard InChI is InChI=1S/C14H19N3O3S/c1-9-7-10(17(19)20)5-6-11(9)15-13(21)16-12(18)8-14(2,3)4/h5-7H,8H2,1-4H3,(H2,15,16,18,21). The zero-order valence-electron chi connectivity index (χ0n) is 12.5. The minimum atomic E-state index is -0.458. The zero-order valence-corrected chi connectivity index (χ0v) is 13.3. The van der Waals surface area contributed by atoms with Crippen LogP contribution in [0.5, 0.6) is 0 Å². The van der Waals surface area contributed by atoms with Crippen molar-refractivity contribution < 1.29 is 9.72 Å². The van der Waals surface area contributed by atoms with Crippen molar-refractivity contribution in [2.75, 3.05) is 5.32 Å². The molecule has 7 heteroatoms. The van der Waals surface area contributed by atoms with E-state index in [1.807, 2.05) is 20.8 Å². The Balaban J connectivity index is 2.67. The highest BCUT2D eigenvalue weighted by molar-refractivity contribution is 7.80. The first-order chi connectivity index (χ1) is 9.58. The Morgan fingerprint density at radius 1 is 1.38 bits per heavy atom. The Morgan fingerprint density at radius 2 is 2.00 bits per heavy atom. The number of nitrogens with zero attached hydrogens (tertiary/aromatic N) is 1. The summed E-state index contributed by atoms with van der Waals surface area (Å²) in [6.45, 7) is 7.62. The number of aryl methyl sites for hydroxylation is 1. The Labute approximate surface area is 129 Å². The number of hydrogen-bond acceptors (Lipinski definition) is 4. The largest absolute Gasteiger partial charge is 0.332 e. The van der Waals surface area contributed by atoms with Crippen LogP contribution in [0.3, 0.4) is 0 Å². The van der Waals surface area contributed by atoms with Crippen molar-refractivity contribution in [3.63, 3.8) is 0 Å². The van der Waals surface area contributed by atoms with Crippen molar-refractivity contribution in [3.05, 3.63) is 33.9 Å². The molecule has 1 rings (SSSR count). The number of rotatable bonds is 3. The minimum Gasteiger partial charge on any atom is -0.332 e. The Kier molecular flexibility index (Phi) is 5.37. The van der Waals surface area contributed by atoms with E-state index in [1.54, 1.807) is 13.0 Å². The quantitative estimate of drug-likeness (QED) is 0.509. The second-order valence-electron chi connectivity index (χ2n) is 6.00. The molecule has 0 aliphatic heterocycles.